The predicted octanol–water partition coefficient (Wildman–Crippen LogP) is 2.00. The minimum Gasteiger partial charge on any atom is -0.411 e. The zero-order valence-corrected chi connectivity index (χ0v) is 12.2. The van der Waals surface area contributed by atoms with Crippen LogP contribution in [0.4, 0.5) is 0 Å². The van der Waals surface area contributed by atoms with Gasteiger partial charge < -0.3 is 36.7 Å². The van der Waals surface area contributed by atoms with Crippen molar-refractivity contribution < 1.29 is 19.5 Å². The number of nitrogens with zero attached hydrogens (tertiary/aromatic N) is 1. The van der Waals surface area contributed by atoms with E-state index in [2.05, 4.69) is 6.92 Å². The van der Waals surface area contributed by atoms with E-state index in [0.717, 1.165) is 13.1 Å². The van der Waals surface area contributed by atoms with E-state index in [0.29, 0.717) is 4.32 Å². The number of rotatable bonds is 2. The Morgan fingerprint density at radius 3 is 1.64 bits per heavy atom. The van der Waals surface area contributed by atoms with Gasteiger partial charge in [0.25, 0.3) is 0 Å². The third-order valence-electron chi connectivity index (χ3n) is 1.02. The van der Waals surface area contributed by atoms with Gasteiger partial charge in [-0.1, -0.05) is 4.32 Å². The molecule has 0 aromatic heterocycles. The van der Waals surface area contributed by atoms with Gasteiger partial charge in [-0.05, 0) is 13.8 Å². The average molecular weight is 243 g/mol. The molecule has 0 fully saturated rings. The molecule has 0 spiro atoms. The Hall–Kier alpha value is 0.733. The van der Waals surface area contributed by atoms with E-state index in [4.69, 9.17) is 24.8 Å². The average Bonchev–Trinajstić information content (AvgIpc) is 1.94. The maximum Gasteiger partial charge on any atom is 2.00 e. The maximum absolute atomic E-state index is 4.76. The fraction of sp³-hybridized carbons (Fsp3) is 0.714. The van der Waals surface area contributed by atoms with Crippen LogP contribution in [0, 0.1) is 6.92 Å². The molecular formula is C7H15NS2Zn. The summed E-state index contributed by atoms with van der Waals surface area (Å²) in [6.45, 7) is 10.9. The van der Waals surface area contributed by atoms with Crippen LogP contribution in [0.1, 0.15) is 20.8 Å². The topological polar surface area (TPSA) is 3.24 Å². The second-order valence-corrected chi connectivity index (χ2v) is 2.47. The van der Waals surface area contributed by atoms with Crippen LogP contribution in [-0.2, 0) is 32.1 Å². The van der Waals surface area contributed by atoms with Crippen LogP contribution >= 0.6 is 12.2 Å². The molecule has 0 saturated heterocycles. The third kappa shape index (κ3) is 10.7. The zero-order valence-electron chi connectivity index (χ0n) is 7.59. The van der Waals surface area contributed by atoms with Gasteiger partial charge in [0.05, 0.1) is 0 Å². The fourth-order valence-corrected chi connectivity index (χ4v) is 0.998. The normalized spacial score (nSPS) is 6.91. The third-order valence-corrected chi connectivity index (χ3v) is 1.54. The molecule has 0 aliphatic heterocycles. The molecule has 0 bridgehead atoms. The van der Waals surface area contributed by atoms with E-state index in [-0.39, 0.29) is 19.5 Å². The smallest absolute Gasteiger partial charge is 0.411 e. The summed E-state index contributed by atoms with van der Waals surface area (Å²) in [6, 6.07) is 0. The first-order valence-electron chi connectivity index (χ1n) is 3.39. The molecule has 0 unspecified atom stereocenters. The Bertz CT molecular complexity index is 84.5. The molecule has 1 nitrogen and oxygen atoms in total. The first-order valence-corrected chi connectivity index (χ1v) is 4.20. The summed E-state index contributed by atoms with van der Waals surface area (Å²) in [5.74, 6) is 0. The van der Waals surface area contributed by atoms with Gasteiger partial charge in [-0.3, -0.25) is 0 Å². The van der Waals surface area contributed by atoms with Crippen molar-refractivity contribution in [3.05, 3.63) is 6.92 Å². The summed E-state index contributed by atoms with van der Waals surface area (Å²) >= 11 is 9.51. The van der Waals surface area contributed by atoms with Crippen LogP contribution in [0.15, 0.2) is 0 Å². The molecule has 0 radical (unpaired) electrons. The molecule has 0 aliphatic rings. The van der Waals surface area contributed by atoms with Gasteiger partial charge >= 0.3 is 19.5 Å². The maximum atomic E-state index is 4.76. The van der Waals surface area contributed by atoms with E-state index in [1.54, 1.807) is 6.92 Å². The van der Waals surface area contributed by atoms with Crippen LogP contribution in [0.25, 0.3) is 0 Å². The molecule has 0 amide bonds. The molecular weight excluding hydrogens is 228 g/mol. The molecule has 0 atom stereocenters. The molecule has 0 rings (SSSR count). The van der Waals surface area contributed by atoms with E-state index in [1.807, 2.05) is 18.7 Å². The summed E-state index contributed by atoms with van der Waals surface area (Å²) in [5.41, 5.74) is 0. The minimum atomic E-state index is 0. The Morgan fingerprint density at radius 2 is 1.64 bits per heavy atom. The van der Waals surface area contributed by atoms with Crippen molar-refractivity contribution in [2.75, 3.05) is 13.1 Å². The number of thiocarbonyl (C=S) groups is 1. The largest absolute Gasteiger partial charge is 2.00 e. The number of hydrogen-bond acceptors (Lipinski definition) is 2. The Balaban J connectivity index is -0.000000196. The van der Waals surface area contributed by atoms with Gasteiger partial charge in [0.15, 0.2) is 0 Å². The molecule has 0 aromatic rings. The molecule has 62 valence electrons. The summed E-state index contributed by atoms with van der Waals surface area (Å²) in [6.07, 6.45) is 0. The Kier molecular flexibility index (Phi) is 21.5. The second kappa shape index (κ2) is 13.3. The summed E-state index contributed by atoms with van der Waals surface area (Å²) in [7, 11) is 0. The van der Waals surface area contributed by atoms with Crippen LogP contribution in [0.5, 0.6) is 0 Å². The first kappa shape index (κ1) is 17.7. The quantitative estimate of drug-likeness (QED) is 0.316. The minimum absolute atomic E-state index is 0. The van der Waals surface area contributed by atoms with Gasteiger partial charge in [0.1, 0.15) is 0 Å². The van der Waals surface area contributed by atoms with Gasteiger partial charge in [-0.15, -0.1) is 0 Å². The van der Waals surface area contributed by atoms with E-state index in [1.165, 1.54) is 0 Å². The molecule has 0 aliphatic carbocycles. The SMILES string of the molecule is CCN(CC)C(=S)[S-].[CH2-]C.[Zn+2]. The zero-order chi connectivity index (χ0) is 8.57. The van der Waals surface area contributed by atoms with Gasteiger partial charge in [-0.25, -0.2) is 0 Å². The van der Waals surface area contributed by atoms with Crippen LogP contribution < -0.4 is 0 Å². The van der Waals surface area contributed by atoms with Crippen molar-refractivity contribution in [2.45, 2.75) is 20.8 Å². The van der Waals surface area contributed by atoms with Crippen molar-refractivity contribution in [2.24, 2.45) is 0 Å². The van der Waals surface area contributed by atoms with Gasteiger partial charge in [0, 0.05) is 13.1 Å². The molecule has 4 heteroatoms. The fourth-order valence-electron chi connectivity index (χ4n) is 0.482. The van der Waals surface area contributed by atoms with Gasteiger partial charge in [-0.2, -0.15) is 6.92 Å². The van der Waals surface area contributed by atoms with Crippen LogP contribution in [0.3, 0.4) is 0 Å². The summed E-state index contributed by atoms with van der Waals surface area (Å²) < 4.78 is 0.579. The predicted molar refractivity (Wildman–Crippen MR) is 53.9 cm³/mol. The summed E-state index contributed by atoms with van der Waals surface area (Å²) in [5, 5.41) is 0. The standard InChI is InChI=1S/C5H11NS2.C2H5.Zn/c1-3-6(4-2)5(7)8;1-2;/h3-4H2,1-2H3,(H,7,8);1H2,2H3;/q;-1;+2/p-1. The molecule has 11 heavy (non-hydrogen) atoms. The second-order valence-electron chi connectivity index (χ2n) is 1.44. The number of hydrogen-bond donors (Lipinski definition) is 0. The van der Waals surface area contributed by atoms with E-state index < -0.39 is 0 Å². The Labute approximate surface area is 94.1 Å². The van der Waals surface area contributed by atoms with Crippen molar-refractivity contribution in [3.63, 3.8) is 0 Å². The van der Waals surface area contributed by atoms with Crippen molar-refractivity contribution in [3.8, 4) is 0 Å². The van der Waals surface area contributed by atoms with Crippen molar-refractivity contribution >= 4 is 29.2 Å². The first-order chi connectivity index (χ1) is 4.72. The molecule has 0 heterocycles. The van der Waals surface area contributed by atoms with Crippen molar-refractivity contribution in [1.82, 2.24) is 4.90 Å². The van der Waals surface area contributed by atoms with E-state index >= 15 is 0 Å². The van der Waals surface area contributed by atoms with Crippen LogP contribution in [-0.4, -0.2) is 22.3 Å². The summed E-state index contributed by atoms with van der Waals surface area (Å²) in [4.78, 5) is 1.96. The van der Waals surface area contributed by atoms with Crippen LogP contribution in [0.2, 0.25) is 0 Å². The monoisotopic (exact) mass is 241 g/mol. The van der Waals surface area contributed by atoms with Gasteiger partial charge in [0.2, 0.25) is 0 Å². The van der Waals surface area contributed by atoms with Crippen molar-refractivity contribution in [1.29, 1.82) is 0 Å². The molecule has 0 saturated carbocycles. The Morgan fingerprint density at radius 1 is 1.36 bits per heavy atom. The van der Waals surface area contributed by atoms with E-state index in [9.17, 15) is 0 Å². The molecule has 0 N–H and O–H groups in total. The molecule has 0 aromatic carbocycles.